The predicted octanol–water partition coefficient (Wildman–Crippen LogP) is 4.40. The van der Waals surface area contributed by atoms with Crippen LogP contribution in [0.3, 0.4) is 0 Å². The number of benzene rings is 2. The molecule has 5 aromatic rings. The molecular weight excluding hydrogens is 445 g/mol. The smallest absolute Gasteiger partial charge is 0.224 e. The topological polar surface area (TPSA) is 112 Å². The summed E-state index contributed by atoms with van der Waals surface area (Å²) in [7, 11) is 0. The van der Waals surface area contributed by atoms with Gasteiger partial charge in [0, 0.05) is 29.9 Å². The zero-order valence-electron chi connectivity index (χ0n) is 19.3. The molecule has 0 aliphatic heterocycles. The van der Waals surface area contributed by atoms with Crippen molar-refractivity contribution in [3.8, 4) is 6.07 Å². The standard InChI is InChI=1S/C26H22FN7O/c1-15-20(16(2)34-26(30-15)18(13-28)14-29-34)8-10-25(35)31-19-7-9-22-23(12-19)33-24(32-22)11-17-5-3-4-6-21(17)27/h3-7,9,12,14H,8,10-11H2,1-2H3,(H,31,35)(H,32,33). The van der Waals surface area contributed by atoms with E-state index in [2.05, 4.69) is 31.4 Å². The number of aromatic nitrogens is 5. The van der Waals surface area contributed by atoms with Gasteiger partial charge >= 0.3 is 0 Å². The molecule has 0 atom stereocenters. The SMILES string of the molecule is Cc1nc2c(C#N)cnn2c(C)c1CCC(=O)Nc1ccc2nc(Cc3ccccc3F)[nH]c2c1. The van der Waals surface area contributed by atoms with Gasteiger partial charge in [-0.25, -0.2) is 18.9 Å². The summed E-state index contributed by atoms with van der Waals surface area (Å²) in [5.41, 5.74) is 6.25. The van der Waals surface area contributed by atoms with Crippen LogP contribution in [0.5, 0.6) is 0 Å². The van der Waals surface area contributed by atoms with Crippen LogP contribution < -0.4 is 5.32 Å². The number of carbonyl (C=O) groups is 1. The molecule has 3 heterocycles. The number of fused-ring (bicyclic) bond motifs is 2. The quantitative estimate of drug-likeness (QED) is 0.385. The number of aryl methyl sites for hydroxylation is 2. The second kappa shape index (κ2) is 8.99. The van der Waals surface area contributed by atoms with Crippen molar-refractivity contribution in [2.75, 3.05) is 5.32 Å². The summed E-state index contributed by atoms with van der Waals surface area (Å²) >= 11 is 0. The monoisotopic (exact) mass is 467 g/mol. The minimum absolute atomic E-state index is 0.132. The fourth-order valence-corrected chi connectivity index (χ4v) is 4.26. The second-order valence-corrected chi connectivity index (χ2v) is 8.40. The number of carbonyl (C=O) groups excluding carboxylic acids is 1. The number of nitrogens with zero attached hydrogens (tertiary/aromatic N) is 5. The van der Waals surface area contributed by atoms with Crippen LogP contribution in [0.15, 0.2) is 48.7 Å². The summed E-state index contributed by atoms with van der Waals surface area (Å²) in [6.07, 6.45) is 2.61. The largest absolute Gasteiger partial charge is 0.342 e. The fraction of sp³-hybridized carbons (Fsp3) is 0.192. The highest BCUT2D eigenvalue weighted by Gasteiger charge is 2.15. The predicted molar refractivity (Wildman–Crippen MR) is 129 cm³/mol. The van der Waals surface area contributed by atoms with Gasteiger partial charge in [0.1, 0.15) is 23.3 Å². The lowest BCUT2D eigenvalue weighted by molar-refractivity contribution is -0.116. The molecular formula is C26H22FN7O. The number of imidazole rings is 1. The maximum absolute atomic E-state index is 14.0. The van der Waals surface area contributed by atoms with E-state index < -0.39 is 0 Å². The minimum atomic E-state index is -0.265. The van der Waals surface area contributed by atoms with Gasteiger partial charge in [0.15, 0.2) is 5.65 Å². The second-order valence-electron chi connectivity index (χ2n) is 8.40. The Labute approximate surface area is 200 Å². The number of rotatable bonds is 6. The highest BCUT2D eigenvalue weighted by molar-refractivity contribution is 5.93. The van der Waals surface area contributed by atoms with E-state index in [1.807, 2.05) is 26.0 Å². The highest BCUT2D eigenvalue weighted by atomic mass is 19.1. The van der Waals surface area contributed by atoms with Gasteiger partial charge in [0.2, 0.25) is 5.91 Å². The van der Waals surface area contributed by atoms with Gasteiger partial charge in [-0.15, -0.1) is 0 Å². The molecule has 174 valence electrons. The Balaban J connectivity index is 1.28. The van der Waals surface area contributed by atoms with Gasteiger partial charge in [0.25, 0.3) is 0 Å². The van der Waals surface area contributed by atoms with Crippen LogP contribution in [0.1, 0.15) is 40.3 Å². The molecule has 0 saturated carbocycles. The van der Waals surface area contributed by atoms with Crippen LogP contribution in [0.2, 0.25) is 0 Å². The summed E-state index contributed by atoms with van der Waals surface area (Å²) in [6, 6.07) is 14.2. The lowest BCUT2D eigenvalue weighted by Crippen LogP contribution is -2.14. The number of hydrogen-bond donors (Lipinski definition) is 2. The van der Waals surface area contributed by atoms with Crippen molar-refractivity contribution in [1.29, 1.82) is 5.26 Å². The summed E-state index contributed by atoms with van der Waals surface area (Å²) in [5.74, 6) is 0.256. The van der Waals surface area contributed by atoms with Crippen LogP contribution in [-0.4, -0.2) is 30.5 Å². The number of hydrogen-bond acceptors (Lipinski definition) is 5. The molecule has 0 saturated heterocycles. The Morgan fingerprint density at radius 1 is 1.20 bits per heavy atom. The zero-order chi connectivity index (χ0) is 24.5. The highest BCUT2D eigenvalue weighted by Crippen LogP contribution is 2.21. The molecule has 0 spiro atoms. The maximum Gasteiger partial charge on any atom is 0.224 e. The third-order valence-corrected chi connectivity index (χ3v) is 6.06. The Kier molecular flexibility index (Phi) is 5.71. The van der Waals surface area contributed by atoms with Gasteiger partial charge in [-0.1, -0.05) is 18.2 Å². The van der Waals surface area contributed by atoms with E-state index in [9.17, 15) is 14.4 Å². The summed E-state index contributed by atoms with van der Waals surface area (Å²) in [6.45, 7) is 3.79. The molecule has 0 bridgehead atoms. The number of anilines is 1. The summed E-state index contributed by atoms with van der Waals surface area (Å²) in [5, 5.41) is 16.4. The van der Waals surface area contributed by atoms with Gasteiger partial charge in [-0.05, 0) is 55.7 Å². The summed E-state index contributed by atoms with van der Waals surface area (Å²) in [4.78, 5) is 24.9. The molecule has 3 aromatic heterocycles. The van der Waals surface area contributed by atoms with Crippen LogP contribution in [0.4, 0.5) is 10.1 Å². The van der Waals surface area contributed by atoms with Crippen molar-refractivity contribution in [1.82, 2.24) is 24.6 Å². The third kappa shape index (κ3) is 4.34. The van der Waals surface area contributed by atoms with Gasteiger partial charge in [-0.2, -0.15) is 10.4 Å². The van der Waals surface area contributed by atoms with Gasteiger partial charge in [0.05, 0.1) is 17.2 Å². The van der Waals surface area contributed by atoms with Crippen LogP contribution in [0, 0.1) is 31.0 Å². The lowest BCUT2D eigenvalue weighted by atomic mass is 10.1. The molecule has 0 radical (unpaired) electrons. The first-order chi connectivity index (χ1) is 16.9. The number of amides is 1. The molecule has 0 fully saturated rings. The van der Waals surface area contributed by atoms with E-state index in [1.165, 1.54) is 12.3 Å². The molecule has 2 aromatic carbocycles. The molecule has 0 aliphatic carbocycles. The average Bonchev–Trinajstić information content (AvgIpc) is 3.43. The first kappa shape index (κ1) is 22.2. The number of nitrogens with one attached hydrogen (secondary N) is 2. The van der Waals surface area contributed by atoms with Crippen molar-refractivity contribution < 1.29 is 9.18 Å². The number of halogens is 1. The normalized spacial score (nSPS) is 11.1. The first-order valence-corrected chi connectivity index (χ1v) is 11.2. The zero-order valence-corrected chi connectivity index (χ0v) is 19.3. The Morgan fingerprint density at radius 3 is 2.83 bits per heavy atom. The van der Waals surface area contributed by atoms with Gasteiger partial charge in [-0.3, -0.25) is 4.79 Å². The van der Waals surface area contributed by atoms with E-state index in [0.29, 0.717) is 41.1 Å². The summed E-state index contributed by atoms with van der Waals surface area (Å²) < 4.78 is 15.6. The molecule has 0 unspecified atom stereocenters. The molecule has 8 nitrogen and oxygen atoms in total. The Bertz CT molecular complexity index is 1630. The third-order valence-electron chi connectivity index (χ3n) is 6.06. The molecule has 0 aliphatic rings. The van der Waals surface area contributed by atoms with Crippen molar-refractivity contribution in [3.63, 3.8) is 0 Å². The average molecular weight is 468 g/mol. The maximum atomic E-state index is 14.0. The van der Waals surface area contributed by atoms with E-state index in [4.69, 9.17) is 0 Å². The van der Waals surface area contributed by atoms with E-state index >= 15 is 0 Å². The number of H-pyrrole nitrogens is 1. The van der Waals surface area contributed by atoms with E-state index in [-0.39, 0.29) is 18.1 Å². The molecule has 5 rings (SSSR count). The van der Waals surface area contributed by atoms with Crippen molar-refractivity contribution >= 4 is 28.3 Å². The van der Waals surface area contributed by atoms with E-state index in [0.717, 1.165) is 28.0 Å². The van der Waals surface area contributed by atoms with Crippen molar-refractivity contribution in [2.45, 2.75) is 33.1 Å². The van der Waals surface area contributed by atoms with Crippen LogP contribution in [-0.2, 0) is 17.6 Å². The van der Waals surface area contributed by atoms with Crippen LogP contribution in [0.25, 0.3) is 16.7 Å². The fourth-order valence-electron chi connectivity index (χ4n) is 4.26. The molecule has 35 heavy (non-hydrogen) atoms. The van der Waals surface area contributed by atoms with Crippen LogP contribution >= 0.6 is 0 Å². The Morgan fingerprint density at radius 2 is 2.03 bits per heavy atom. The minimum Gasteiger partial charge on any atom is -0.342 e. The lowest BCUT2D eigenvalue weighted by Gasteiger charge is -2.11. The van der Waals surface area contributed by atoms with Crippen molar-refractivity contribution in [3.05, 3.63) is 88.4 Å². The first-order valence-electron chi connectivity index (χ1n) is 11.2. The number of aromatic amines is 1. The molecule has 1 amide bonds. The van der Waals surface area contributed by atoms with E-state index in [1.54, 1.807) is 28.8 Å². The number of nitriles is 1. The molecule has 2 N–H and O–H groups in total. The Hall–Kier alpha value is -4.58. The van der Waals surface area contributed by atoms with Crippen molar-refractivity contribution in [2.24, 2.45) is 0 Å². The van der Waals surface area contributed by atoms with Gasteiger partial charge < -0.3 is 10.3 Å². The molecule has 9 heteroatoms.